The van der Waals surface area contributed by atoms with Gasteiger partial charge in [0.2, 0.25) is 10.0 Å². The third-order valence-corrected chi connectivity index (χ3v) is 4.89. The van der Waals surface area contributed by atoms with Crippen molar-refractivity contribution in [3.8, 4) is 0 Å². The number of anilines is 1. The van der Waals surface area contributed by atoms with Gasteiger partial charge < -0.3 is 15.6 Å². The van der Waals surface area contributed by atoms with E-state index >= 15 is 0 Å². The van der Waals surface area contributed by atoms with Crippen LogP contribution in [-0.2, 0) is 14.8 Å². The van der Waals surface area contributed by atoms with Gasteiger partial charge in [0, 0.05) is 18.1 Å². The molecule has 0 aliphatic carbocycles. The van der Waals surface area contributed by atoms with Gasteiger partial charge in [-0.3, -0.25) is 0 Å². The van der Waals surface area contributed by atoms with Gasteiger partial charge >= 0.3 is 0 Å². The number of aliphatic hydroxyl groups excluding tert-OH is 1. The molecule has 6 nitrogen and oxygen atoms in total. The molecule has 1 unspecified atom stereocenters. The van der Waals surface area contributed by atoms with Gasteiger partial charge in [0.1, 0.15) is 5.82 Å². The molecule has 1 rings (SSSR count). The summed E-state index contributed by atoms with van der Waals surface area (Å²) in [6, 6.07) is 2.02. The van der Waals surface area contributed by atoms with E-state index in [0.29, 0.717) is 0 Å². The Morgan fingerprint density at radius 1 is 1.55 bits per heavy atom. The van der Waals surface area contributed by atoms with Crippen LogP contribution >= 0.6 is 15.9 Å². The molecule has 0 saturated carbocycles. The van der Waals surface area contributed by atoms with Crippen LogP contribution in [0.1, 0.15) is 6.42 Å². The lowest BCUT2D eigenvalue weighted by Crippen LogP contribution is -2.29. The first-order valence-corrected chi connectivity index (χ1v) is 7.96. The molecular weight excluding hydrogens is 355 g/mol. The van der Waals surface area contributed by atoms with Crippen molar-refractivity contribution in [2.24, 2.45) is 0 Å². The molecule has 1 aromatic carbocycles. The molecule has 0 spiro atoms. The van der Waals surface area contributed by atoms with E-state index in [1.807, 2.05) is 0 Å². The molecule has 1 aromatic rings. The number of hydrogen-bond donors (Lipinski definition) is 3. The van der Waals surface area contributed by atoms with Crippen LogP contribution in [0.3, 0.4) is 0 Å². The molecule has 0 bridgehead atoms. The van der Waals surface area contributed by atoms with E-state index < -0.39 is 21.9 Å². The topological polar surface area (TPSA) is 102 Å². The summed E-state index contributed by atoms with van der Waals surface area (Å²) in [4.78, 5) is -0.155. The molecule has 0 saturated heterocycles. The number of sulfonamides is 1. The predicted molar refractivity (Wildman–Crippen MR) is 76.2 cm³/mol. The predicted octanol–water partition coefficient (Wildman–Crippen LogP) is 0.846. The fourth-order valence-electron chi connectivity index (χ4n) is 1.46. The second-order valence-electron chi connectivity index (χ2n) is 4.10. The SMILES string of the molecule is COCC(O)CCNS(=O)(=O)c1cc(N)c(F)cc1Br. The number of ether oxygens (including phenoxy) is 1. The number of benzene rings is 1. The number of aliphatic hydroxyl groups is 1. The van der Waals surface area contributed by atoms with Gasteiger partial charge in [-0.25, -0.2) is 17.5 Å². The van der Waals surface area contributed by atoms with E-state index in [4.69, 9.17) is 10.5 Å². The Balaban J connectivity index is 2.77. The molecule has 114 valence electrons. The van der Waals surface area contributed by atoms with Gasteiger partial charge in [0.25, 0.3) is 0 Å². The van der Waals surface area contributed by atoms with Gasteiger partial charge in [-0.15, -0.1) is 0 Å². The lowest BCUT2D eigenvalue weighted by atomic mass is 10.3. The van der Waals surface area contributed by atoms with Gasteiger partial charge in [-0.1, -0.05) is 0 Å². The van der Waals surface area contributed by atoms with Crippen molar-refractivity contribution in [3.63, 3.8) is 0 Å². The molecule has 0 aliphatic heterocycles. The van der Waals surface area contributed by atoms with E-state index in [2.05, 4.69) is 20.7 Å². The largest absolute Gasteiger partial charge is 0.396 e. The number of methoxy groups -OCH3 is 1. The highest BCUT2D eigenvalue weighted by Crippen LogP contribution is 2.26. The molecule has 1 atom stereocenters. The zero-order valence-corrected chi connectivity index (χ0v) is 13.2. The van der Waals surface area contributed by atoms with E-state index in [1.54, 1.807) is 0 Å². The van der Waals surface area contributed by atoms with Gasteiger partial charge in [-0.05, 0) is 34.5 Å². The summed E-state index contributed by atoms with van der Waals surface area (Å²) in [7, 11) is -2.40. The van der Waals surface area contributed by atoms with Crippen LogP contribution in [0.25, 0.3) is 0 Å². The maximum absolute atomic E-state index is 13.2. The maximum Gasteiger partial charge on any atom is 0.241 e. The summed E-state index contributed by atoms with van der Waals surface area (Å²) in [5, 5.41) is 9.41. The van der Waals surface area contributed by atoms with Gasteiger partial charge in [0.05, 0.1) is 23.3 Å². The van der Waals surface area contributed by atoms with E-state index in [1.165, 1.54) is 7.11 Å². The first-order valence-electron chi connectivity index (χ1n) is 5.69. The normalized spacial score (nSPS) is 13.4. The van der Waals surface area contributed by atoms with Crippen molar-refractivity contribution in [2.75, 3.05) is 26.0 Å². The van der Waals surface area contributed by atoms with Crippen LogP contribution < -0.4 is 10.5 Å². The summed E-state index contributed by atoms with van der Waals surface area (Å²) >= 11 is 2.98. The summed E-state index contributed by atoms with van der Waals surface area (Å²) in [6.07, 6.45) is -0.564. The molecule has 0 aliphatic rings. The average Bonchev–Trinajstić information content (AvgIpc) is 2.33. The number of hydrogen-bond acceptors (Lipinski definition) is 5. The zero-order chi connectivity index (χ0) is 15.3. The minimum atomic E-state index is -3.84. The molecule has 9 heteroatoms. The lowest BCUT2D eigenvalue weighted by Gasteiger charge is -2.12. The highest BCUT2D eigenvalue weighted by atomic mass is 79.9. The van der Waals surface area contributed by atoms with Crippen molar-refractivity contribution >= 4 is 31.6 Å². The quantitative estimate of drug-likeness (QED) is 0.617. The van der Waals surface area contributed by atoms with Crippen LogP contribution in [0.2, 0.25) is 0 Å². The summed E-state index contributed by atoms with van der Waals surface area (Å²) in [6.45, 7) is 0.144. The second kappa shape index (κ2) is 7.32. The van der Waals surface area contributed by atoms with Crippen molar-refractivity contribution in [3.05, 3.63) is 22.4 Å². The second-order valence-corrected chi connectivity index (χ2v) is 6.69. The number of rotatable bonds is 7. The Bertz CT molecular complexity index is 568. The third-order valence-electron chi connectivity index (χ3n) is 2.47. The van der Waals surface area contributed by atoms with E-state index in [0.717, 1.165) is 12.1 Å². The minimum Gasteiger partial charge on any atom is -0.396 e. The van der Waals surface area contributed by atoms with Crippen LogP contribution in [0, 0.1) is 5.82 Å². The van der Waals surface area contributed by atoms with Crippen molar-refractivity contribution in [1.29, 1.82) is 0 Å². The molecule has 0 heterocycles. The number of halogens is 2. The number of nitrogen functional groups attached to an aromatic ring is 1. The molecular formula is C11H16BrFN2O4S. The first kappa shape index (κ1) is 17.3. The fraction of sp³-hybridized carbons (Fsp3) is 0.455. The highest BCUT2D eigenvalue weighted by Gasteiger charge is 2.19. The van der Waals surface area contributed by atoms with Crippen LogP contribution in [0.4, 0.5) is 10.1 Å². The van der Waals surface area contributed by atoms with Crippen LogP contribution in [0.15, 0.2) is 21.5 Å². The van der Waals surface area contributed by atoms with Crippen LogP contribution in [0.5, 0.6) is 0 Å². The minimum absolute atomic E-state index is 0.0244. The standard InChI is InChI=1S/C11H16BrFN2O4S/c1-19-6-7(16)2-3-15-20(17,18)11-5-10(14)9(13)4-8(11)12/h4-5,7,15-16H,2-3,6,14H2,1H3. The Morgan fingerprint density at radius 2 is 2.20 bits per heavy atom. The summed E-state index contributed by atoms with van der Waals surface area (Å²) < 4.78 is 44.3. The Kier molecular flexibility index (Phi) is 6.34. The van der Waals surface area contributed by atoms with Gasteiger partial charge in [0.15, 0.2) is 0 Å². The first-order chi connectivity index (χ1) is 9.27. The van der Waals surface area contributed by atoms with Crippen molar-refractivity contribution < 1.29 is 22.7 Å². The molecule has 0 amide bonds. The van der Waals surface area contributed by atoms with E-state index in [9.17, 15) is 17.9 Å². The fourth-order valence-corrected chi connectivity index (χ4v) is 3.56. The smallest absolute Gasteiger partial charge is 0.241 e. The monoisotopic (exact) mass is 370 g/mol. The summed E-state index contributed by atoms with van der Waals surface area (Å²) in [5.41, 5.74) is 5.10. The lowest BCUT2D eigenvalue weighted by molar-refractivity contribution is 0.0603. The number of nitrogens with two attached hydrogens (primary N) is 1. The maximum atomic E-state index is 13.2. The Morgan fingerprint density at radius 3 is 2.80 bits per heavy atom. The molecule has 0 radical (unpaired) electrons. The molecule has 0 fully saturated rings. The van der Waals surface area contributed by atoms with Crippen molar-refractivity contribution in [2.45, 2.75) is 17.4 Å². The highest BCUT2D eigenvalue weighted by molar-refractivity contribution is 9.10. The Hall–Kier alpha value is -0.740. The molecule has 4 N–H and O–H groups in total. The van der Waals surface area contributed by atoms with E-state index in [-0.39, 0.29) is 34.6 Å². The molecule has 20 heavy (non-hydrogen) atoms. The zero-order valence-electron chi connectivity index (χ0n) is 10.8. The number of nitrogens with one attached hydrogen (secondary N) is 1. The van der Waals surface area contributed by atoms with Crippen LogP contribution in [-0.4, -0.2) is 39.9 Å². The molecule has 0 aromatic heterocycles. The van der Waals surface area contributed by atoms with Gasteiger partial charge in [-0.2, -0.15) is 0 Å². The Labute approximate surface area is 125 Å². The van der Waals surface area contributed by atoms with Crippen molar-refractivity contribution in [1.82, 2.24) is 4.72 Å². The average molecular weight is 371 g/mol. The summed E-state index contributed by atoms with van der Waals surface area (Å²) in [5.74, 6) is -0.702. The third kappa shape index (κ3) is 4.67.